The van der Waals surface area contributed by atoms with Crippen molar-refractivity contribution >= 4 is 23.5 Å². The summed E-state index contributed by atoms with van der Waals surface area (Å²) >= 11 is 3.88. The largest absolute Gasteiger partial charge is 0.342 e. The van der Waals surface area contributed by atoms with Gasteiger partial charge in [-0.2, -0.15) is 22.0 Å². The molecular weight excluding hydrogens is 292 g/mol. The monoisotopic (exact) mass is 306 g/mol. The van der Waals surface area contributed by atoms with Gasteiger partial charge >= 0.3 is 0 Å². The first-order valence-electron chi connectivity index (χ1n) is 6.48. The number of hydrogen-bond acceptors (Lipinski definition) is 6. The third-order valence-corrected chi connectivity index (χ3v) is 6.43. The van der Waals surface area contributed by atoms with Crippen molar-refractivity contribution in [2.45, 2.75) is 23.8 Å². The number of nitrogens with one attached hydrogen (secondary N) is 1. The Labute approximate surface area is 125 Å². The van der Waals surface area contributed by atoms with Crippen molar-refractivity contribution in [2.75, 3.05) is 11.5 Å². The summed E-state index contributed by atoms with van der Waals surface area (Å²) in [4.78, 5) is 7.45. The van der Waals surface area contributed by atoms with Crippen molar-refractivity contribution < 1.29 is 4.52 Å². The van der Waals surface area contributed by atoms with Gasteiger partial charge in [0.1, 0.15) is 17.5 Å². The van der Waals surface area contributed by atoms with E-state index in [1.165, 1.54) is 5.75 Å². The van der Waals surface area contributed by atoms with E-state index < -0.39 is 0 Å². The van der Waals surface area contributed by atoms with E-state index in [-0.39, 0.29) is 0 Å². The average Bonchev–Trinajstić information content (AvgIpc) is 3.15. The van der Waals surface area contributed by atoms with Gasteiger partial charge in [-0.05, 0) is 18.6 Å². The highest BCUT2D eigenvalue weighted by Gasteiger charge is 2.30. The molecule has 1 aliphatic heterocycles. The molecule has 3 rings (SSSR count). The van der Waals surface area contributed by atoms with Crippen molar-refractivity contribution in [1.82, 2.24) is 15.1 Å². The fourth-order valence-electron chi connectivity index (χ4n) is 2.19. The minimum absolute atomic E-state index is 0.293. The molecule has 2 atom stereocenters. The van der Waals surface area contributed by atoms with Crippen LogP contribution in [0.1, 0.15) is 30.1 Å². The molecular formula is C13H14N4OS2. The predicted octanol–water partition coefficient (Wildman–Crippen LogP) is 3.24. The number of nitrogens with zero attached hydrogens (tertiary/aromatic N) is 3. The van der Waals surface area contributed by atoms with Crippen LogP contribution in [-0.2, 0) is 0 Å². The van der Waals surface area contributed by atoms with Crippen molar-refractivity contribution in [3.05, 3.63) is 23.7 Å². The Hall–Kier alpha value is -1.39. The summed E-state index contributed by atoms with van der Waals surface area (Å²) in [5, 5.41) is 13.8. The Morgan fingerprint density at radius 1 is 1.45 bits per heavy atom. The van der Waals surface area contributed by atoms with Gasteiger partial charge in [0, 0.05) is 16.8 Å². The number of nitriles is 1. The first-order chi connectivity index (χ1) is 9.81. The van der Waals surface area contributed by atoms with Crippen molar-refractivity contribution in [2.24, 2.45) is 0 Å². The van der Waals surface area contributed by atoms with Gasteiger partial charge in [-0.3, -0.25) is 0 Å². The molecule has 0 aromatic carbocycles. The SMILES string of the molecule is CCC1SCCSC1c1noc(-c2ccc(C#N)[nH]2)n1. The van der Waals surface area contributed by atoms with Crippen LogP contribution in [0.3, 0.4) is 0 Å². The molecule has 20 heavy (non-hydrogen) atoms. The highest BCUT2D eigenvalue weighted by molar-refractivity contribution is 8.06. The molecule has 2 aromatic rings. The van der Waals surface area contributed by atoms with E-state index in [4.69, 9.17) is 9.78 Å². The number of aromatic nitrogens is 3. The van der Waals surface area contributed by atoms with E-state index in [9.17, 15) is 0 Å². The molecule has 2 unspecified atom stereocenters. The molecule has 0 bridgehead atoms. The Morgan fingerprint density at radius 3 is 3.05 bits per heavy atom. The summed E-state index contributed by atoms with van der Waals surface area (Å²) in [6, 6.07) is 5.55. The molecule has 104 valence electrons. The van der Waals surface area contributed by atoms with Gasteiger partial charge in [0.15, 0.2) is 5.82 Å². The topological polar surface area (TPSA) is 78.5 Å². The highest BCUT2D eigenvalue weighted by Crippen LogP contribution is 2.43. The normalized spacial score (nSPS) is 22.6. The standard InChI is InChI=1S/C13H14N4OS2/c1-2-10-11(20-6-5-19-10)12-16-13(18-17-12)9-4-3-8(7-14)15-9/h3-4,10-11,15H,2,5-6H2,1H3. The van der Waals surface area contributed by atoms with Crippen LogP contribution in [0.2, 0.25) is 0 Å². The Balaban J connectivity index is 1.84. The maximum atomic E-state index is 8.82. The molecule has 0 aliphatic carbocycles. The van der Waals surface area contributed by atoms with Crippen LogP contribution in [0.15, 0.2) is 16.7 Å². The summed E-state index contributed by atoms with van der Waals surface area (Å²) in [5.41, 5.74) is 1.19. The van der Waals surface area contributed by atoms with E-state index >= 15 is 0 Å². The van der Waals surface area contributed by atoms with Gasteiger partial charge in [-0.15, -0.1) is 11.8 Å². The second-order valence-electron chi connectivity index (χ2n) is 4.46. The maximum Gasteiger partial charge on any atom is 0.274 e. The lowest BCUT2D eigenvalue weighted by Crippen LogP contribution is -2.19. The van der Waals surface area contributed by atoms with Gasteiger partial charge in [0.25, 0.3) is 5.89 Å². The molecule has 7 heteroatoms. The lowest BCUT2D eigenvalue weighted by Gasteiger charge is -2.27. The first kappa shape index (κ1) is 13.6. The first-order valence-corrected chi connectivity index (χ1v) is 8.58. The molecule has 1 aliphatic rings. The third kappa shape index (κ3) is 2.58. The lowest BCUT2D eigenvalue weighted by molar-refractivity contribution is 0.420. The van der Waals surface area contributed by atoms with Crippen LogP contribution in [0.25, 0.3) is 11.6 Å². The van der Waals surface area contributed by atoms with E-state index in [1.54, 1.807) is 12.1 Å². The predicted molar refractivity (Wildman–Crippen MR) is 80.5 cm³/mol. The van der Waals surface area contributed by atoms with Crippen molar-refractivity contribution in [3.8, 4) is 17.7 Å². The van der Waals surface area contributed by atoms with Gasteiger partial charge in [0.05, 0.1) is 5.25 Å². The second kappa shape index (κ2) is 5.94. The number of thioether (sulfide) groups is 2. The molecule has 0 radical (unpaired) electrons. The molecule has 0 saturated carbocycles. The van der Waals surface area contributed by atoms with E-state index in [0.29, 0.717) is 27.8 Å². The van der Waals surface area contributed by atoms with Gasteiger partial charge in [-0.25, -0.2) is 0 Å². The minimum Gasteiger partial charge on any atom is -0.342 e. The quantitative estimate of drug-likeness (QED) is 0.938. The average molecular weight is 306 g/mol. The minimum atomic E-state index is 0.293. The number of H-pyrrole nitrogens is 1. The molecule has 5 nitrogen and oxygen atoms in total. The van der Waals surface area contributed by atoms with Crippen LogP contribution < -0.4 is 0 Å². The molecule has 0 spiro atoms. The van der Waals surface area contributed by atoms with E-state index in [0.717, 1.165) is 18.0 Å². The summed E-state index contributed by atoms with van der Waals surface area (Å²) < 4.78 is 5.33. The summed E-state index contributed by atoms with van der Waals surface area (Å²) in [6.45, 7) is 2.20. The molecule has 3 heterocycles. The van der Waals surface area contributed by atoms with E-state index in [1.807, 2.05) is 23.5 Å². The third-order valence-electron chi connectivity index (χ3n) is 3.19. The van der Waals surface area contributed by atoms with Gasteiger partial charge < -0.3 is 9.51 Å². The highest BCUT2D eigenvalue weighted by atomic mass is 32.2. The Kier molecular flexibility index (Phi) is 4.03. The molecule has 1 fully saturated rings. The maximum absolute atomic E-state index is 8.82. The van der Waals surface area contributed by atoms with Crippen LogP contribution in [-0.4, -0.2) is 31.9 Å². The van der Waals surface area contributed by atoms with Gasteiger partial charge in [0.2, 0.25) is 0 Å². The molecule has 1 N–H and O–H groups in total. The molecule has 1 saturated heterocycles. The molecule has 0 amide bonds. The second-order valence-corrected chi connectivity index (χ2v) is 7.06. The van der Waals surface area contributed by atoms with Crippen molar-refractivity contribution in [3.63, 3.8) is 0 Å². The summed E-state index contributed by atoms with van der Waals surface area (Å²) in [6.07, 6.45) is 1.10. The van der Waals surface area contributed by atoms with Crippen LogP contribution >= 0.6 is 23.5 Å². The number of aromatic amines is 1. The zero-order chi connectivity index (χ0) is 13.9. The Morgan fingerprint density at radius 2 is 2.30 bits per heavy atom. The molecule has 2 aromatic heterocycles. The van der Waals surface area contributed by atoms with Crippen LogP contribution in [0.5, 0.6) is 0 Å². The van der Waals surface area contributed by atoms with Crippen molar-refractivity contribution in [1.29, 1.82) is 5.26 Å². The fraction of sp³-hybridized carbons (Fsp3) is 0.462. The fourth-order valence-corrected chi connectivity index (χ4v) is 5.17. The lowest BCUT2D eigenvalue weighted by atomic mass is 10.2. The Bertz CT molecular complexity index is 630. The summed E-state index contributed by atoms with van der Waals surface area (Å²) in [5.74, 6) is 3.52. The van der Waals surface area contributed by atoms with E-state index in [2.05, 4.69) is 28.1 Å². The van der Waals surface area contributed by atoms with Gasteiger partial charge in [-0.1, -0.05) is 12.1 Å². The summed E-state index contributed by atoms with van der Waals surface area (Å²) in [7, 11) is 0. The number of rotatable bonds is 3. The zero-order valence-corrected chi connectivity index (χ0v) is 12.6. The van der Waals surface area contributed by atoms with Crippen LogP contribution in [0, 0.1) is 11.3 Å². The van der Waals surface area contributed by atoms with Crippen LogP contribution in [0.4, 0.5) is 0 Å². The smallest absolute Gasteiger partial charge is 0.274 e. The zero-order valence-electron chi connectivity index (χ0n) is 11.0. The number of hydrogen-bond donors (Lipinski definition) is 1.